The topological polar surface area (TPSA) is 52.6 Å². The molecule has 0 aliphatic heterocycles. The van der Waals surface area contributed by atoms with Crippen LogP contribution in [0.15, 0.2) is 23.3 Å². The first-order valence-corrected chi connectivity index (χ1v) is 10.1. The molecule has 0 bridgehead atoms. The molecule has 0 aromatic carbocycles. The van der Waals surface area contributed by atoms with E-state index in [9.17, 15) is 9.59 Å². The summed E-state index contributed by atoms with van der Waals surface area (Å²) in [5, 5.41) is 0. The third-order valence-electron chi connectivity index (χ3n) is 4.74. The zero-order valence-electron chi connectivity index (χ0n) is 17.0. The number of hydrogen-bond donors (Lipinski definition) is 0. The number of carbonyl (C=O) groups is 2. The Kier molecular flexibility index (Phi) is 11.0. The van der Waals surface area contributed by atoms with Gasteiger partial charge in [0.1, 0.15) is 0 Å². The van der Waals surface area contributed by atoms with Crippen molar-refractivity contribution < 1.29 is 19.1 Å². The number of ether oxygens (including phenoxy) is 2. The normalized spacial score (nSPS) is 19.5. The summed E-state index contributed by atoms with van der Waals surface area (Å²) in [4.78, 5) is 25.0. The van der Waals surface area contributed by atoms with Gasteiger partial charge in [0.25, 0.3) is 0 Å². The molecule has 2 atom stereocenters. The lowest BCUT2D eigenvalue weighted by molar-refractivity contribution is -0.161. The van der Waals surface area contributed by atoms with Gasteiger partial charge in [0.05, 0.1) is 25.0 Å². The standard InChI is InChI=1S/C22H36O4/c1-5-7-14-25-21(23)19-13-12-18(11-9-10-17(3)4)16-20(19)22(24)26-15-8-6-2/h10,12,19-20H,5-9,11,13-16H2,1-4H3. The molecular formula is C22H36O4. The maximum atomic E-state index is 12.6. The van der Waals surface area contributed by atoms with Crippen LogP contribution >= 0.6 is 0 Å². The molecule has 0 spiro atoms. The molecule has 2 unspecified atom stereocenters. The first-order chi connectivity index (χ1) is 12.5. The van der Waals surface area contributed by atoms with Gasteiger partial charge in [0.15, 0.2) is 0 Å². The second-order valence-electron chi connectivity index (χ2n) is 7.38. The summed E-state index contributed by atoms with van der Waals surface area (Å²) in [6.45, 7) is 9.16. The second kappa shape index (κ2) is 12.7. The van der Waals surface area contributed by atoms with Crippen molar-refractivity contribution in [3.8, 4) is 0 Å². The molecule has 0 N–H and O–H groups in total. The Hall–Kier alpha value is -1.58. The predicted molar refractivity (Wildman–Crippen MR) is 105 cm³/mol. The third-order valence-corrected chi connectivity index (χ3v) is 4.74. The monoisotopic (exact) mass is 364 g/mol. The van der Waals surface area contributed by atoms with Crippen molar-refractivity contribution in [2.75, 3.05) is 13.2 Å². The fourth-order valence-corrected chi connectivity index (χ4v) is 3.07. The Labute approximate surface area is 159 Å². The van der Waals surface area contributed by atoms with Crippen LogP contribution in [0.4, 0.5) is 0 Å². The zero-order chi connectivity index (χ0) is 19.4. The van der Waals surface area contributed by atoms with Gasteiger partial charge in [-0.15, -0.1) is 0 Å². The molecule has 0 saturated carbocycles. The Balaban J connectivity index is 2.74. The van der Waals surface area contributed by atoms with Gasteiger partial charge in [-0.25, -0.2) is 0 Å². The fourth-order valence-electron chi connectivity index (χ4n) is 3.07. The summed E-state index contributed by atoms with van der Waals surface area (Å²) in [5.74, 6) is -1.32. The number of esters is 2. The lowest BCUT2D eigenvalue weighted by atomic mass is 9.78. The number of rotatable bonds is 11. The molecule has 0 radical (unpaired) electrons. The Morgan fingerprint density at radius 1 is 1.04 bits per heavy atom. The molecule has 1 aliphatic carbocycles. The number of hydrogen-bond acceptors (Lipinski definition) is 4. The minimum absolute atomic E-state index is 0.247. The van der Waals surface area contributed by atoms with Crippen molar-refractivity contribution in [2.24, 2.45) is 11.8 Å². The Morgan fingerprint density at radius 3 is 2.15 bits per heavy atom. The number of carbonyl (C=O) groups excluding carboxylic acids is 2. The van der Waals surface area contributed by atoms with Crippen molar-refractivity contribution in [3.63, 3.8) is 0 Å². The lowest BCUT2D eigenvalue weighted by Gasteiger charge is -2.28. The molecule has 0 aromatic rings. The van der Waals surface area contributed by atoms with E-state index in [0.717, 1.165) is 38.5 Å². The third kappa shape index (κ3) is 8.20. The van der Waals surface area contributed by atoms with Crippen LogP contribution in [0.5, 0.6) is 0 Å². The van der Waals surface area contributed by atoms with Crippen LogP contribution in [-0.2, 0) is 19.1 Å². The first-order valence-electron chi connectivity index (χ1n) is 10.1. The highest BCUT2D eigenvalue weighted by atomic mass is 16.5. The van der Waals surface area contributed by atoms with Gasteiger partial charge in [-0.3, -0.25) is 9.59 Å². The number of unbranched alkanes of at least 4 members (excludes halogenated alkanes) is 2. The predicted octanol–water partition coefficient (Wildman–Crippen LogP) is 5.37. The van der Waals surface area contributed by atoms with Crippen molar-refractivity contribution >= 4 is 11.9 Å². The van der Waals surface area contributed by atoms with Crippen LogP contribution in [0.25, 0.3) is 0 Å². The molecule has 1 rings (SSSR count). The maximum absolute atomic E-state index is 12.6. The Morgan fingerprint density at radius 2 is 1.62 bits per heavy atom. The van der Waals surface area contributed by atoms with Gasteiger partial charge < -0.3 is 9.47 Å². The van der Waals surface area contributed by atoms with Crippen molar-refractivity contribution in [2.45, 2.75) is 79.1 Å². The molecule has 4 heteroatoms. The van der Waals surface area contributed by atoms with Gasteiger partial charge in [-0.05, 0) is 52.4 Å². The van der Waals surface area contributed by atoms with Crippen molar-refractivity contribution in [3.05, 3.63) is 23.3 Å². The van der Waals surface area contributed by atoms with E-state index < -0.39 is 11.8 Å². The molecule has 0 heterocycles. The average molecular weight is 365 g/mol. The van der Waals surface area contributed by atoms with E-state index in [0.29, 0.717) is 26.1 Å². The molecule has 4 nitrogen and oxygen atoms in total. The molecule has 0 fully saturated rings. The van der Waals surface area contributed by atoms with Gasteiger partial charge in [-0.2, -0.15) is 0 Å². The van der Waals surface area contributed by atoms with Crippen LogP contribution in [0.3, 0.4) is 0 Å². The van der Waals surface area contributed by atoms with E-state index in [1.54, 1.807) is 0 Å². The molecule has 26 heavy (non-hydrogen) atoms. The molecular weight excluding hydrogens is 328 g/mol. The molecule has 0 amide bonds. The fraction of sp³-hybridized carbons (Fsp3) is 0.727. The molecule has 148 valence electrons. The van der Waals surface area contributed by atoms with Crippen molar-refractivity contribution in [1.29, 1.82) is 0 Å². The van der Waals surface area contributed by atoms with Crippen LogP contribution in [0.2, 0.25) is 0 Å². The highest BCUT2D eigenvalue weighted by molar-refractivity contribution is 5.83. The average Bonchev–Trinajstić information content (AvgIpc) is 2.61. The minimum atomic E-state index is -0.410. The maximum Gasteiger partial charge on any atom is 0.310 e. The number of allylic oxidation sites excluding steroid dienone is 4. The summed E-state index contributed by atoms with van der Waals surface area (Å²) >= 11 is 0. The zero-order valence-corrected chi connectivity index (χ0v) is 17.0. The quantitative estimate of drug-likeness (QED) is 0.281. The van der Waals surface area contributed by atoms with E-state index in [1.807, 2.05) is 0 Å². The Bertz CT molecular complexity index is 500. The summed E-state index contributed by atoms with van der Waals surface area (Å²) < 4.78 is 10.8. The van der Waals surface area contributed by atoms with E-state index in [-0.39, 0.29) is 11.9 Å². The molecule has 0 saturated heterocycles. The van der Waals surface area contributed by atoms with Gasteiger partial charge in [-0.1, -0.05) is 50.0 Å². The van der Waals surface area contributed by atoms with Crippen LogP contribution in [0, 0.1) is 11.8 Å². The van der Waals surface area contributed by atoms with Crippen LogP contribution in [-0.4, -0.2) is 25.2 Å². The summed E-state index contributed by atoms with van der Waals surface area (Å²) in [6, 6.07) is 0. The van der Waals surface area contributed by atoms with Gasteiger partial charge in [0.2, 0.25) is 0 Å². The minimum Gasteiger partial charge on any atom is -0.465 e. The van der Waals surface area contributed by atoms with E-state index in [4.69, 9.17) is 9.47 Å². The smallest absolute Gasteiger partial charge is 0.310 e. The summed E-state index contributed by atoms with van der Waals surface area (Å²) in [7, 11) is 0. The van der Waals surface area contributed by atoms with Crippen molar-refractivity contribution in [1.82, 2.24) is 0 Å². The van der Waals surface area contributed by atoms with E-state index in [1.165, 1.54) is 11.1 Å². The highest BCUT2D eigenvalue weighted by Crippen LogP contribution is 2.34. The highest BCUT2D eigenvalue weighted by Gasteiger charge is 2.38. The molecule has 1 aliphatic rings. The van der Waals surface area contributed by atoms with Gasteiger partial charge >= 0.3 is 11.9 Å². The molecule has 0 aromatic heterocycles. The lowest BCUT2D eigenvalue weighted by Crippen LogP contribution is -2.35. The van der Waals surface area contributed by atoms with Gasteiger partial charge in [0, 0.05) is 0 Å². The summed E-state index contributed by atoms with van der Waals surface area (Å²) in [6.07, 6.45) is 11.1. The SMILES string of the molecule is CCCCOC(=O)C1CC=C(CCC=C(C)C)CC1C(=O)OCCCC. The van der Waals surface area contributed by atoms with Crippen LogP contribution < -0.4 is 0 Å². The van der Waals surface area contributed by atoms with Crippen LogP contribution in [0.1, 0.15) is 79.1 Å². The second-order valence-corrected chi connectivity index (χ2v) is 7.38. The van der Waals surface area contributed by atoms with E-state index >= 15 is 0 Å². The largest absolute Gasteiger partial charge is 0.465 e. The van der Waals surface area contributed by atoms with E-state index in [2.05, 4.69) is 39.8 Å². The summed E-state index contributed by atoms with van der Waals surface area (Å²) in [5.41, 5.74) is 2.55. The first kappa shape index (κ1) is 22.5.